The number of amidine groups is 1. The molecule has 1 unspecified atom stereocenters. The van der Waals surface area contributed by atoms with Crippen LogP contribution < -0.4 is 10.5 Å². The average molecular weight is 287 g/mol. The zero-order valence-corrected chi connectivity index (χ0v) is 12.3. The molecule has 0 aliphatic heterocycles. The van der Waals surface area contributed by atoms with E-state index in [0.29, 0.717) is 5.82 Å². The fourth-order valence-corrected chi connectivity index (χ4v) is 2.63. The zero-order valence-electron chi connectivity index (χ0n) is 11.5. The Hall–Kier alpha value is -1.41. The molecule has 0 aliphatic carbocycles. The smallest absolute Gasteiger partial charge is 0.259 e. The third-order valence-corrected chi connectivity index (χ3v) is 4.10. The van der Waals surface area contributed by atoms with Crippen LogP contribution in [0.25, 0.3) is 0 Å². The summed E-state index contributed by atoms with van der Waals surface area (Å²) in [6, 6.07) is 0. The summed E-state index contributed by atoms with van der Waals surface area (Å²) in [6.07, 6.45) is 2.44. The van der Waals surface area contributed by atoms with E-state index in [1.165, 1.54) is 6.20 Å². The van der Waals surface area contributed by atoms with Gasteiger partial charge < -0.3 is 10.3 Å². The lowest BCUT2D eigenvalue weighted by Gasteiger charge is -2.09. The summed E-state index contributed by atoms with van der Waals surface area (Å²) in [6.45, 7) is 6.30. The standard InChI is InChI=1S/C11H21N5O2S/c1-4-5-16-7-10(15-9(16)3)19(17,18)14-6-8(2)11(12)13/h7-8,14H,4-6H2,1-3H3,(H3,12,13). The summed E-state index contributed by atoms with van der Waals surface area (Å²) in [5.74, 6) is 0.283. The van der Waals surface area contributed by atoms with Crippen molar-refractivity contribution in [3.8, 4) is 0 Å². The van der Waals surface area contributed by atoms with Gasteiger partial charge in [-0.1, -0.05) is 13.8 Å². The Morgan fingerprint density at radius 1 is 1.63 bits per heavy atom. The lowest BCUT2D eigenvalue weighted by Crippen LogP contribution is -2.34. The van der Waals surface area contributed by atoms with Gasteiger partial charge in [-0.15, -0.1) is 0 Å². The van der Waals surface area contributed by atoms with Gasteiger partial charge in [-0.2, -0.15) is 0 Å². The van der Waals surface area contributed by atoms with Gasteiger partial charge in [0.25, 0.3) is 10.0 Å². The fraction of sp³-hybridized carbons (Fsp3) is 0.636. The van der Waals surface area contributed by atoms with Crippen LogP contribution >= 0.6 is 0 Å². The second-order valence-electron chi connectivity index (χ2n) is 4.53. The van der Waals surface area contributed by atoms with Crippen molar-refractivity contribution in [2.75, 3.05) is 6.54 Å². The minimum absolute atomic E-state index is 0.00852. The van der Waals surface area contributed by atoms with Crippen LogP contribution in [-0.4, -0.2) is 30.3 Å². The van der Waals surface area contributed by atoms with Crippen LogP contribution in [0.4, 0.5) is 0 Å². The third kappa shape index (κ3) is 4.03. The van der Waals surface area contributed by atoms with Crippen LogP contribution in [0.1, 0.15) is 26.1 Å². The monoisotopic (exact) mass is 287 g/mol. The summed E-state index contributed by atoms with van der Waals surface area (Å²) < 4.78 is 28.3. The zero-order chi connectivity index (χ0) is 14.6. The number of hydrogen-bond donors (Lipinski definition) is 3. The second-order valence-corrected chi connectivity index (χ2v) is 6.24. The topological polar surface area (TPSA) is 114 Å². The molecule has 1 aromatic rings. The molecule has 1 aromatic heterocycles. The molecule has 0 fully saturated rings. The largest absolute Gasteiger partial charge is 0.387 e. The maximum Gasteiger partial charge on any atom is 0.259 e. The fourth-order valence-electron chi connectivity index (χ4n) is 1.49. The van der Waals surface area contributed by atoms with Crippen molar-refractivity contribution in [2.24, 2.45) is 11.7 Å². The van der Waals surface area contributed by atoms with E-state index in [-0.39, 0.29) is 23.3 Å². The molecule has 0 saturated heterocycles. The summed E-state index contributed by atoms with van der Waals surface area (Å²) in [4.78, 5) is 4.05. The van der Waals surface area contributed by atoms with E-state index in [0.717, 1.165) is 13.0 Å². The molecular formula is C11H21N5O2S. The van der Waals surface area contributed by atoms with Gasteiger partial charge in [-0.3, -0.25) is 5.41 Å². The molecule has 1 rings (SSSR count). The van der Waals surface area contributed by atoms with Crippen LogP contribution in [0.15, 0.2) is 11.2 Å². The summed E-state index contributed by atoms with van der Waals surface area (Å²) in [5.41, 5.74) is 5.30. The number of nitrogens with one attached hydrogen (secondary N) is 2. The number of nitrogens with zero attached hydrogens (tertiary/aromatic N) is 2. The van der Waals surface area contributed by atoms with Crippen molar-refractivity contribution in [3.05, 3.63) is 12.0 Å². The maximum absolute atomic E-state index is 12.0. The Labute approximate surface area is 113 Å². The number of rotatable bonds is 7. The van der Waals surface area contributed by atoms with E-state index in [2.05, 4.69) is 9.71 Å². The van der Waals surface area contributed by atoms with Crippen molar-refractivity contribution < 1.29 is 8.42 Å². The van der Waals surface area contributed by atoms with Crippen LogP contribution in [0.2, 0.25) is 0 Å². The van der Waals surface area contributed by atoms with Crippen LogP contribution in [0, 0.1) is 18.3 Å². The Morgan fingerprint density at radius 2 is 2.26 bits per heavy atom. The molecular weight excluding hydrogens is 266 g/mol. The molecule has 19 heavy (non-hydrogen) atoms. The van der Waals surface area contributed by atoms with Crippen molar-refractivity contribution in [1.82, 2.24) is 14.3 Å². The maximum atomic E-state index is 12.0. The van der Waals surface area contributed by atoms with Gasteiger partial charge in [0.15, 0.2) is 5.03 Å². The van der Waals surface area contributed by atoms with E-state index in [9.17, 15) is 8.42 Å². The number of nitrogens with two attached hydrogens (primary N) is 1. The van der Waals surface area contributed by atoms with E-state index in [4.69, 9.17) is 11.1 Å². The molecule has 0 aromatic carbocycles. The first-order valence-electron chi connectivity index (χ1n) is 6.15. The van der Waals surface area contributed by atoms with Gasteiger partial charge in [-0.05, 0) is 13.3 Å². The predicted molar refractivity (Wildman–Crippen MR) is 73.5 cm³/mol. The molecule has 0 aliphatic rings. The SMILES string of the molecule is CCCn1cc(S(=O)(=O)NCC(C)C(=N)N)nc1C. The predicted octanol–water partition coefficient (Wildman–Crippen LogP) is 0.452. The van der Waals surface area contributed by atoms with Crippen molar-refractivity contribution in [3.63, 3.8) is 0 Å². The molecule has 1 heterocycles. The Kier molecular flexibility index (Phi) is 5.07. The quantitative estimate of drug-likeness (QED) is 0.499. The van der Waals surface area contributed by atoms with Crippen LogP contribution in [0.3, 0.4) is 0 Å². The average Bonchev–Trinajstić information content (AvgIpc) is 2.69. The molecule has 0 spiro atoms. The summed E-state index contributed by atoms with van der Waals surface area (Å²) in [7, 11) is -3.64. The Balaban J connectivity index is 2.83. The highest BCUT2D eigenvalue weighted by Gasteiger charge is 2.20. The number of aromatic nitrogens is 2. The highest BCUT2D eigenvalue weighted by atomic mass is 32.2. The van der Waals surface area contributed by atoms with E-state index in [1.807, 2.05) is 11.5 Å². The molecule has 0 bridgehead atoms. The molecule has 7 nitrogen and oxygen atoms in total. The Morgan fingerprint density at radius 3 is 2.79 bits per heavy atom. The first-order chi connectivity index (χ1) is 8.77. The minimum Gasteiger partial charge on any atom is -0.387 e. The summed E-state index contributed by atoms with van der Waals surface area (Å²) in [5, 5.41) is 7.24. The van der Waals surface area contributed by atoms with Gasteiger partial charge in [-0.25, -0.2) is 18.1 Å². The minimum atomic E-state index is -3.64. The molecule has 4 N–H and O–H groups in total. The lowest BCUT2D eigenvalue weighted by atomic mass is 10.2. The van der Waals surface area contributed by atoms with Crippen LogP contribution in [0.5, 0.6) is 0 Å². The molecule has 0 amide bonds. The van der Waals surface area contributed by atoms with E-state index >= 15 is 0 Å². The van der Waals surface area contributed by atoms with Crippen molar-refractivity contribution in [1.29, 1.82) is 5.41 Å². The number of aryl methyl sites for hydroxylation is 2. The van der Waals surface area contributed by atoms with E-state index < -0.39 is 10.0 Å². The van der Waals surface area contributed by atoms with Gasteiger partial charge in [0.1, 0.15) is 5.82 Å². The van der Waals surface area contributed by atoms with Gasteiger partial charge in [0.2, 0.25) is 0 Å². The lowest BCUT2D eigenvalue weighted by molar-refractivity contribution is 0.570. The van der Waals surface area contributed by atoms with Crippen LogP contribution in [-0.2, 0) is 16.6 Å². The first-order valence-corrected chi connectivity index (χ1v) is 7.63. The molecule has 108 valence electrons. The molecule has 8 heteroatoms. The highest BCUT2D eigenvalue weighted by Crippen LogP contribution is 2.10. The normalized spacial score (nSPS) is 13.4. The third-order valence-electron chi connectivity index (χ3n) is 2.80. The summed E-state index contributed by atoms with van der Waals surface area (Å²) >= 11 is 0. The van der Waals surface area contributed by atoms with E-state index in [1.54, 1.807) is 13.8 Å². The van der Waals surface area contributed by atoms with Crippen molar-refractivity contribution in [2.45, 2.75) is 38.8 Å². The van der Waals surface area contributed by atoms with Gasteiger partial charge >= 0.3 is 0 Å². The molecule has 0 saturated carbocycles. The van der Waals surface area contributed by atoms with Gasteiger partial charge in [0, 0.05) is 25.2 Å². The number of sulfonamides is 1. The van der Waals surface area contributed by atoms with Crippen molar-refractivity contribution >= 4 is 15.9 Å². The highest BCUT2D eigenvalue weighted by molar-refractivity contribution is 7.89. The number of imidazole rings is 1. The second kappa shape index (κ2) is 6.16. The first kappa shape index (κ1) is 15.6. The Bertz CT molecular complexity index is 549. The molecule has 0 radical (unpaired) electrons. The number of hydrogen-bond acceptors (Lipinski definition) is 4. The molecule has 1 atom stereocenters. The van der Waals surface area contributed by atoms with Gasteiger partial charge in [0.05, 0.1) is 5.84 Å².